The molecule has 0 aromatic heterocycles. The van der Waals surface area contributed by atoms with Gasteiger partial charge in [0.2, 0.25) is 0 Å². The van der Waals surface area contributed by atoms with Crippen LogP contribution < -0.4 is 0 Å². The fourth-order valence-electron chi connectivity index (χ4n) is 1.49. The van der Waals surface area contributed by atoms with Gasteiger partial charge >= 0.3 is 5.97 Å². The van der Waals surface area contributed by atoms with E-state index in [1.165, 1.54) is 7.11 Å². The predicted octanol–water partition coefficient (Wildman–Crippen LogP) is 2.39. The third-order valence-electron chi connectivity index (χ3n) is 3.60. The van der Waals surface area contributed by atoms with E-state index in [4.69, 9.17) is 4.43 Å². The van der Waals surface area contributed by atoms with Gasteiger partial charge in [0.1, 0.15) is 5.71 Å². The Morgan fingerprint density at radius 3 is 2.47 bits per heavy atom. The van der Waals surface area contributed by atoms with Crippen molar-refractivity contribution < 1.29 is 14.0 Å². The fraction of sp³-hybridized carbons (Fsp3) is 0.833. The molecule has 1 rings (SSSR count). The topological polar surface area (TPSA) is 47.9 Å². The Kier molecular flexibility index (Phi) is 4.14. The van der Waals surface area contributed by atoms with Crippen LogP contribution in [-0.4, -0.2) is 39.8 Å². The summed E-state index contributed by atoms with van der Waals surface area (Å²) in [5.41, 5.74) is 0.510. The monoisotopic (exact) mass is 257 g/mol. The van der Waals surface area contributed by atoms with Crippen LogP contribution in [0.5, 0.6) is 0 Å². The largest absolute Gasteiger partial charge is 0.465 e. The third-order valence-corrected chi connectivity index (χ3v) is 8.13. The number of rotatable bonds is 3. The predicted molar refractivity (Wildman–Crippen MR) is 71.0 cm³/mol. The minimum atomic E-state index is -1.77. The lowest BCUT2D eigenvalue weighted by Gasteiger charge is -2.38. The smallest absolute Gasteiger partial charge is 0.352 e. The third kappa shape index (κ3) is 3.39. The minimum absolute atomic E-state index is 0.0463. The molecule has 1 aliphatic heterocycles. The van der Waals surface area contributed by atoms with E-state index in [2.05, 4.69) is 43.6 Å². The molecule has 0 spiro atoms. The number of hydrogen-bond acceptors (Lipinski definition) is 4. The number of methoxy groups -OCH3 is 1. The van der Waals surface area contributed by atoms with E-state index in [1.807, 2.05) is 0 Å². The Balaban J connectivity index is 2.56. The van der Waals surface area contributed by atoms with Gasteiger partial charge in [0.25, 0.3) is 0 Å². The molecule has 4 nitrogen and oxygen atoms in total. The second-order valence-electron chi connectivity index (χ2n) is 5.98. The van der Waals surface area contributed by atoms with Crippen molar-refractivity contribution >= 4 is 20.0 Å². The van der Waals surface area contributed by atoms with Crippen molar-refractivity contribution in [2.45, 2.75) is 51.4 Å². The van der Waals surface area contributed by atoms with E-state index >= 15 is 0 Å². The number of esters is 1. The van der Waals surface area contributed by atoms with Crippen molar-refractivity contribution in [2.24, 2.45) is 4.99 Å². The molecule has 0 fully saturated rings. The van der Waals surface area contributed by atoms with Gasteiger partial charge in [0, 0.05) is 6.42 Å². The van der Waals surface area contributed by atoms with E-state index in [-0.39, 0.29) is 17.1 Å². The molecule has 0 unspecified atom stereocenters. The molecule has 0 bridgehead atoms. The molecule has 0 radical (unpaired) electrons. The summed E-state index contributed by atoms with van der Waals surface area (Å²) in [6.07, 6.45) is 0.629. The quantitative estimate of drug-likeness (QED) is 0.576. The highest BCUT2D eigenvalue weighted by Gasteiger charge is 2.40. The normalized spacial score (nSPS) is 21.3. The number of carbonyl (C=O) groups excluding carboxylic acids is 1. The molecule has 0 amide bonds. The zero-order valence-electron chi connectivity index (χ0n) is 11.7. The lowest BCUT2D eigenvalue weighted by Crippen LogP contribution is -2.44. The highest BCUT2D eigenvalue weighted by atomic mass is 28.4. The van der Waals surface area contributed by atoms with Crippen molar-refractivity contribution in [3.05, 3.63) is 0 Å². The van der Waals surface area contributed by atoms with E-state index in [1.54, 1.807) is 0 Å². The number of nitrogens with zero attached hydrogens (tertiary/aromatic N) is 1. The van der Waals surface area contributed by atoms with Gasteiger partial charge in [-0.3, -0.25) is 4.99 Å². The van der Waals surface area contributed by atoms with Gasteiger partial charge < -0.3 is 9.16 Å². The van der Waals surface area contributed by atoms with Crippen LogP contribution in [0.3, 0.4) is 0 Å². The Hall–Kier alpha value is -0.683. The van der Waals surface area contributed by atoms with Gasteiger partial charge in [-0.1, -0.05) is 20.8 Å². The molecule has 0 aliphatic carbocycles. The molecular formula is C12H23NO3Si. The van der Waals surface area contributed by atoms with Crippen molar-refractivity contribution in [3.8, 4) is 0 Å². The highest BCUT2D eigenvalue weighted by Crippen LogP contribution is 2.38. The van der Waals surface area contributed by atoms with Crippen LogP contribution in [-0.2, 0) is 14.0 Å². The van der Waals surface area contributed by atoms with Crippen LogP contribution in [0, 0.1) is 0 Å². The summed E-state index contributed by atoms with van der Waals surface area (Å²) in [5.74, 6) is -0.327. The summed E-state index contributed by atoms with van der Waals surface area (Å²) in [7, 11) is -0.388. The number of ether oxygens (including phenoxy) is 1. The maximum absolute atomic E-state index is 11.3. The van der Waals surface area contributed by atoms with E-state index in [0.29, 0.717) is 18.7 Å². The lowest BCUT2D eigenvalue weighted by atomic mass is 10.2. The standard InChI is InChI=1S/C12H23NO3Si/c1-12(2,3)17(5,6)16-9-7-10(13-8-9)11(14)15-4/h9H,7-8H2,1-6H3/t9-/m1/s1. The van der Waals surface area contributed by atoms with E-state index in [9.17, 15) is 4.79 Å². The number of hydrogen-bond donors (Lipinski definition) is 0. The summed E-state index contributed by atoms with van der Waals surface area (Å²) in [4.78, 5) is 15.5. The van der Waals surface area contributed by atoms with Gasteiger partial charge in [0.05, 0.1) is 19.8 Å². The molecule has 1 heterocycles. The van der Waals surface area contributed by atoms with Gasteiger partial charge in [-0.05, 0) is 18.1 Å². The minimum Gasteiger partial charge on any atom is -0.465 e. The molecule has 98 valence electrons. The van der Waals surface area contributed by atoms with Crippen molar-refractivity contribution in [1.29, 1.82) is 0 Å². The zero-order valence-corrected chi connectivity index (χ0v) is 12.7. The second kappa shape index (κ2) is 4.90. The lowest BCUT2D eigenvalue weighted by molar-refractivity contribution is -0.132. The molecule has 0 aromatic rings. The summed E-state index contributed by atoms with van der Waals surface area (Å²) < 4.78 is 10.9. The molecule has 5 heteroatoms. The van der Waals surface area contributed by atoms with Crippen LogP contribution in [0.2, 0.25) is 18.1 Å². The van der Waals surface area contributed by atoms with Crippen LogP contribution in [0.4, 0.5) is 0 Å². The molecule has 1 atom stereocenters. The first-order valence-electron chi connectivity index (χ1n) is 5.97. The molecular weight excluding hydrogens is 234 g/mol. The van der Waals surface area contributed by atoms with Crippen molar-refractivity contribution in [1.82, 2.24) is 0 Å². The maximum atomic E-state index is 11.3. The van der Waals surface area contributed by atoms with E-state index < -0.39 is 8.32 Å². The summed E-state index contributed by atoms with van der Waals surface area (Å²) in [6.45, 7) is 11.6. The molecule has 1 aliphatic rings. The number of carbonyl (C=O) groups is 1. The summed E-state index contributed by atoms with van der Waals surface area (Å²) >= 11 is 0. The van der Waals surface area contributed by atoms with Crippen LogP contribution in [0.15, 0.2) is 4.99 Å². The molecule has 0 N–H and O–H groups in total. The Morgan fingerprint density at radius 2 is 2.00 bits per heavy atom. The number of aliphatic imine (C=N–C) groups is 1. The van der Waals surface area contributed by atoms with Crippen molar-refractivity contribution in [2.75, 3.05) is 13.7 Å². The highest BCUT2D eigenvalue weighted by molar-refractivity contribution is 6.74. The Bertz CT molecular complexity index is 331. The first-order chi connectivity index (χ1) is 7.67. The summed E-state index contributed by atoms with van der Waals surface area (Å²) in [5, 5.41) is 0.182. The van der Waals surface area contributed by atoms with Crippen LogP contribution >= 0.6 is 0 Å². The zero-order chi connectivity index (χ0) is 13.3. The van der Waals surface area contributed by atoms with Crippen LogP contribution in [0.1, 0.15) is 27.2 Å². The Labute approximate surface area is 105 Å². The second-order valence-corrected chi connectivity index (χ2v) is 10.7. The van der Waals surface area contributed by atoms with Crippen molar-refractivity contribution in [3.63, 3.8) is 0 Å². The van der Waals surface area contributed by atoms with Crippen LogP contribution in [0.25, 0.3) is 0 Å². The van der Waals surface area contributed by atoms with Gasteiger partial charge in [-0.15, -0.1) is 0 Å². The van der Waals surface area contributed by atoms with E-state index in [0.717, 1.165) is 0 Å². The van der Waals surface area contributed by atoms with Gasteiger partial charge in [-0.2, -0.15) is 0 Å². The SMILES string of the molecule is COC(=O)C1=NC[C@H](O[Si](C)(C)C(C)(C)C)C1. The molecule has 0 saturated heterocycles. The average Bonchev–Trinajstić information content (AvgIpc) is 2.62. The molecule has 17 heavy (non-hydrogen) atoms. The fourth-order valence-corrected chi connectivity index (χ4v) is 2.84. The molecule has 0 aromatic carbocycles. The Morgan fingerprint density at radius 1 is 1.41 bits per heavy atom. The van der Waals surface area contributed by atoms with Gasteiger partial charge in [-0.25, -0.2) is 4.79 Å². The summed E-state index contributed by atoms with van der Waals surface area (Å²) in [6, 6.07) is 0. The first kappa shape index (κ1) is 14.4. The first-order valence-corrected chi connectivity index (χ1v) is 8.87. The average molecular weight is 257 g/mol. The van der Waals surface area contributed by atoms with Gasteiger partial charge in [0.15, 0.2) is 8.32 Å². The maximum Gasteiger partial charge on any atom is 0.352 e. The molecule has 0 saturated carbocycles.